The van der Waals surface area contributed by atoms with Crippen molar-refractivity contribution in [2.45, 2.75) is 26.4 Å². The van der Waals surface area contributed by atoms with Crippen LogP contribution in [0.2, 0.25) is 0 Å². The maximum absolute atomic E-state index is 8.77. The molecule has 2 rings (SSSR count). The van der Waals surface area contributed by atoms with Crippen LogP contribution in [0.1, 0.15) is 28.6 Å². The Hall–Kier alpha value is -1.70. The lowest BCUT2D eigenvalue weighted by Crippen LogP contribution is -2.12. The second-order valence-electron chi connectivity index (χ2n) is 3.99. The number of pyridine rings is 1. The Morgan fingerprint density at radius 2 is 2.28 bits per heavy atom. The van der Waals surface area contributed by atoms with Crippen molar-refractivity contribution in [1.82, 2.24) is 10.3 Å². The molecule has 0 unspecified atom stereocenters. The Balaban J connectivity index is 1.90. The van der Waals surface area contributed by atoms with Crippen LogP contribution >= 0.6 is 11.3 Å². The van der Waals surface area contributed by atoms with Crippen molar-refractivity contribution in [3.63, 3.8) is 0 Å². The molecule has 0 saturated heterocycles. The van der Waals surface area contributed by atoms with E-state index in [1.54, 1.807) is 17.5 Å². The van der Waals surface area contributed by atoms with Crippen LogP contribution in [0.15, 0.2) is 29.8 Å². The highest BCUT2D eigenvalue weighted by molar-refractivity contribution is 7.10. The normalized spacial score (nSPS) is 10.2. The van der Waals surface area contributed by atoms with E-state index in [2.05, 4.69) is 34.7 Å². The lowest BCUT2D eigenvalue weighted by atomic mass is 10.2. The Morgan fingerprint density at radius 3 is 3.06 bits per heavy atom. The molecule has 0 aromatic carbocycles. The van der Waals surface area contributed by atoms with Crippen LogP contribution in [0, 0.1) is 11.3 Å². The number of hydrogen-bond acceptors (Lipinski definition) is 4. The van der Waals surface area contributed by atoms with Gasteiger partial charge >= 0.3 is 0 Å². The highest BCUT2D eigenvalue weighted by Crippen LogP contribution is 2.17. The van der Waals surface area contributed by atoms with Gasteiger partial charge in [0.2, 0.25) is 0 Å². The van der Waals surface area contributed by atoms with E-state index in [9.17, 15) is 0 Å². The maximum Gasteiger partial charge on any atom is 0.140 e. The summed E-state index contributed by atoms with van der Waals surface area (Å²) in [5, 5.41) is 14.3. The van der Waals surface area contributed by atoms with Crippen molar-refractivity contribution in [2.24, 2.45) is 0 Å². The second kappa shape index (κ2) is 6.29. The molecule has 0 atom stereocenters. The van der Waals surface area contributed by atoms with Crippen LogP contribution in [0.25, 0.3) is 0 Å². The van der Waals surface area contributed by atoms with Crippen LogP contribution in [-0.4, -0.2) is 4.98 Å². The lowest BCUT2D eigenvalue weighted by molar-refractivity contribution is 0.696. The van der Waals surface area contributed by atoms with E-state index in [1.807, 2.05) is 12.1 Å². The SMILES string of the molecule is CCc1ccsc1CNCc1ccnc(C#N)c1. The van der Waals surface area contributed by atoms with Crippen LogP contribution < -0.4 is 5.32 Å². The molecule has 0 fully saturated rings. The zero-order valence-corrected chi connectivity index (χ0v) is 11.1. The summed E-state index contributed by atoms with van der Waals surface area (Å²) < 4.78 is 0. The van der Waals surface area contributed by atoms with Gasteiger partial charge in [0.15, 0.2) is 0 Å². The predicted molar refractivity (Wildman–Crippen MR) is 73.2 cm³/mol. The first-order valence-electron chi connectivity index (χ1n) is 5.94. The number of nitrogens with one attached hydrogen (secondary N) is 1. The van der Waals surface area contributed by atoms with E-state index < -0.39 is 0 Å². The molecule has 0 bridgehead atoms. The summed E-state index contributed by atoms with van der Waals surface area (Å²) in [5.74, 6) is 0. The summed E-state index contributed by atoms with van der Waals surface area (Å²) in [6.45, 7) is 3.82. The van der Waals surface area contributed by atoms with Crippen molar-refractivity contribution >= 4 is 11.3 Å². The second-order valence-corrected chi connectivity index (χ2v) is 4.99. The zero-order chi connectivity index (χ0) is 12.8. The van der Waals surface area contributed by atoms with Crippen LogP contribution in [0.5, 0.6) is 0 Å². The molecular formula is C14H15N3S. The Morgan fingerprint density at radius 1 is 1.39 bits per heavy atom. The van der Waals surface area contributed by atoms with Gasteiger partial charge in [-0.3, -0.25) is 0 Å². The van der Waals surface area contributed by atoms with Crippen LogP contribution in [-0.2, 0) is 19.5 Å². The topological polar surface area (TPSA) is 48.7 Å². The third-order valence-electron chi connectivity index (χ3n) is 2.77. The molecular weight excluding hydrogens is 242 g/mol. The monoisotopic (exact) mass is 257 g/mol. The fourth-order valence-electron chi connectivity index (χ4n) is 1.80. The minimum Gasteiger partial charge on any atom is -0.308 e. The number of rotatable bonds is 5. The van der Waals surface area contributed by atoms with Crippen molar-refractivity contribution in [3.05, 3.63) is 51.5 Å². The Labute approximate surface area is 111 Å². The summed E-state index contributed by atoms with van der Waals surface area (Å²) >= 11 is 1.79. The highest BCUT2D eigenvalue weighted by Gasteiger charge is 2.02. The molecule has 2 aromatic heterocycles. The molecule has 2 heterocycles. The molecule has 92 valence electrons. The number of nitriles is 1. The smallest absolute Gasteiger partial charge is 0.140 e. The third kappa shape index (κ3) is 3.16. The number of aromatic nitrogens is 1. The van der Waals surface area contributed by atoms with E-state index in [1.165, 1.54) is 10.4 Å². The molecule has 1 N–H and O–H groups in total. The summed E-state index contributed by atoms with van der Waals surface area (Å²) in [6, 6.07) is 7.99. The van der Waals surface area contributed by atoms with Crippen molar-refractivity contribution in [3.8, 4) is 6.07 Å². The quantitative estimate of drug-likeness (QED) is 0.896. The molecule has 0 amide bonds. The average Bonchev–Trinajstić information content (AvgIpc) is 2.86. The molecule has 0 saturated carbocycles. The first-order chi connectivity index (χ1) is 8.83. The van der Waals surface area contributed by atoms with Crippen molar-refractivity contribution in [1.29, 1.82) is 5.26 Å². The molecule has 0 radical (unpaired) electrons. The Bertz CT molecular complexity index is 554. The molecule has 0 spiro atoms. The molecule has 0 aliphatic heterocycles. The third-order valence-corrected chi connectivity index (χ3v) is 3.74. The van der Waals surface area contributed by atoms with E-state index in [0.717, 1.165) is 25.1 Å². The summed E-state index contributed by atoms with van der Waals surface area (Å²) in [6.07, 6.45) is 2.76. The molecule has 0 aliphatic rings. The standard InChI is InChI=1S/C14H15N3S/c1-2-12-4-6-18-14(12)10-16-9-11-3-5-17-13(7-11)8-15/h3-7,16H,2,9-10H2,1H3. The maximum atomic E-state index is 8.77. The van der Waals surface area contributed by atoms with E-state index >= 15 is 0 Å². The number of thiophene rings is 1. The van der Waals surface area contributed by atoms with E-state index in [4.69, 9.17) is 5.26 Å². The molecule has 0 aliphatic carbocycles. The molecule has 4 heteroatoms. The van der Waals surface area contributed by atoms with Gasteiger partial charge in [-0.15, -0.1) is 11.3 Å². The minimum atomic E-state index is 0.472. The number of hydrogen-bond donors (Lipinski definition) is 1. The largest absolute Gasteiger partial charge is 0.308 e. The van der Waals surface area contributed by atoms with Crippen LogP contribution in [0.3, 0.4) is 0 Å². The minimum absolute atomic E-state index is 0.472. The van der Waals surface area contributed by atoms with E-state index in [-0.39, 0.29) is 0 Å². The summed E-state index contributed by atoms with van der Waals surface area (Å²) in [5.41, 5.74) is 2.98. The zero-order valence-electron chi connectivity index (χ0n) is 10.3. The molecule has 2 aromatic rings. The van der Waals surface area contributed by atoms with Gasteiger partial charge in [-0.2, -0.15) is 5.26 Å². The van der Waals surface area contributed by atoms with Gasteiger partial charge in [0.05, 0.1) is 0 Å². The van der Waals surface area contributed by atoms with Gasteiger partial charge < -0.3 is 5.32 Å². The van der Waals surface area contributed by atoms with Crippen LogP contribution in [0.4, 0.5) is 0 Å². The van der Waals surface area contributed by atoms with Crippen molar-refractivity contribution < 1.29 is 0 Å². The number of aryl methyl sites for hydroxylation is 1. The molecule has 3 nitrogen and oxygen atoms in total. The fourth-order valence-corrected chi connectivity index (χ4v) is 2.75. The van der Waals surface area contributed by atoms with Gasteiger partial charge in [-0.05, 0) is 41.1 Å². The fraction of sp³-hybridized carbons (Fsp3) is 0.286. The summed E-state index contributed by atoms with van der Waals surface area (Å²) in [4.78, 5) is 5.35. The average molecular weight is 257 g/mol. The van der Waals surface area contributed by atoms with Gasteiger partial charge in [-0.25, -0.2) is 4.98 Å². The first kappa shape index (κ1) is 12.7. The van der Waals surface area contributed by atoms with Gasteiger partial charge in [0.1, 0.15) is 11.8 Å². The van der Waals surface area contributed by atoms with Crippen molar-refractivity contribution in [2.75, 3.05) is 0 Å². The van der Waals surface area contributed by atoms with Gasteiger partial charge in [0, 0.05) is 24.2 Å². The highest BCUT2D eigenvalue weighted by atomic mass is 32.1. The summed E-state index contributed by atoms with van der Waals surface area (Å²) in [7, 11) is 0. The number of nitrogens with zero attached hydrogens (tertiary/aromatic N) is 2. The van der Waals surface area contributed by atoms with E-state index in [0.29, 0.717) is 5.69 Å². The van der Waals surface area contributed by atoms with Gasteiger partial charge in [-0.1, -0.05) is 6.92 Å². The van der Waals surface area contributed by atoms with Gasteiger partial charge in [0.25, 0.3) is 0 Å². The first-order valence-corrected chi connectivity index (χ1v) is 6.82. The molecule has 18 heavy (non-hydrogen) atoms. The lowest BCUT2D eigenvalue weighted by Gasteiger charge is -2.05. The Kier molecular flexibility index (Phi) is 4.46. The predicted octanol–water partition coefficient (Wildman–Crippen LogP) is 2.87.